The Kier molecular flexibility index (Phi) is 2.36. The summed E-state index contributed by atoms with van der Waals surface area (Å²) < 4.78 is 23.5. The summed E-state index contributed by atoms with van der Waals surface area (Å²) in [7, 11) is 2.88. The lowest BCUT2D eigenvalue weighted by Gasteiger charge is -2.27. The molecule has 1 aromatic carbocycles. The molecule has 1 aliphatic heterocycles. The van der Waals surface area contributed by atoms with Crippen LogP contribution in [0.5, 0.6) is 5.75 Å². The summed E-state index contributed by atoms with van der Waals surface area (Å²) in [5.41, 5.74) is 1.56. The van der Waals surface area contributed by atoms with Gasteiger partial charge in [-0.2, -0.15) is 4.39 Å². The normalized spacial score (nSPS) is 23.1. The molecular formula is C11H12FNO2. The first-order valence-corrected chi connectivity index (χ1v) is 4.56. The third-order valence-electron chi connectivity index (χ3n) is 2.34. The third kappa shape index (κ3) is 1.80. The second kappa shape index (κ2) is 3.55. The first-order chi connectivity index (χ1) is 7.17. The molecule has 1 aliphatic rings. The molecule has 1 aromatic rings. The number of nitrogens with one attached hydrogen (secondary N) is 1. The maximum Gasteiger partial charge on any atom is 0.308 e. The second-order valence-corrected chi connectivity index (χ2v) is 3.26. The van der Waals surface area contributed by atoms with Crippen LogP contribution in [0.4, 0.5) is 10.1 Å². The fourth-order valence-electron chi connectivity index (χ4n) is 1.46. The highest BCUT2D eigenvalue weighted by molar-refractivity contribution is 5.72. The number of hydrogen-bond donors (Lipinski definition) is 1. The van der Waals surface area contributed by atoms with E-state index in [2.05, 4.69) is 5.32 Å². The van der Waals surface area contributed by atoms with Crippen LogP contribution < -0.4 is 10.1 Å². The maximum absolute atomic E-state index is 13.8. The van der Waals surface area contributed by atoms with E-state index in [4.69, 9.17) is 9.47 Å². The number of benzene rings is 1. The molecule has 3 nitrogen and oxygen atoms in total. The van der Waals surface area contributed by atoms with Gasteiger partial charge in [0, 0.05) is 24.9 Å². The number of hydrogen-bond acceptors (Lipinski definition) is 3. The highest BCUT2D eigenvalue weighted by Gasteiger charge is 2.29. The second-order valence-electron chi connectivity index (χ2n) is 3.26. The molecule has 0 fully saturated rings. The molecule has 2 rings (SSSR count). The number of rotatable bonds is 2. The quantitative estimate of drug-likeness (QED) is 0.759. The van der Waals surface area contributed by atoms with E-state index in [0.29, 0.717) is 11.4 Å². The average Bonchev–Trinajstić information content (AvgIpc) is 2.28. The van der Waals surface area contributed by atoms with Crippen molar-refractivity contribution in [3.8, 4) is 5.75 Å². The fourth-order valence-corrected chi connectivity index (χ4v) is 1.46. The van der Waals surface area contributed by atoms with Crippen molar-refractivity contribution in [1.29, 1.82) is 0 Å². The monoisotopic (exact) mass is 209 g/mol. The van der Waals surface area contributed by atoms with Gasteiger partial charge in [0.05, 0.1) is 7.11 Å². The Morgan fingerprint density at radius 2 is 2.13 bits per heavy atom. The van der Waals surface area contributed by atoms with Gasteiger partial charge in [0.25, 0.3) is 0 Å². The molecular weight excluding hydrogens is 197 g/mol. The highest BCUT2D eigenvalue weighted by Crippen LogP contribution is 2.32. The van der Waals surface area contributed by atoms with Crippen LogP contribution in [0.3, 0.4) is 0 Å². The molecule has 0 aromatic heterocycles. The van der Waals surface area contributed by atoms with Crippen LogP contribution in [0.25, 0.3) is 6.08 Å². The zero-order valence-electron chi connectivity index (χ0n) is 8.58. The van der Waals surface area contributed by atoms with Crippen molar-refractivity contribution < 1.29 is 13.9 Å². The van der Waals surface area contributed by atoms with Crippen LogP contribution in [0.1, 0.15) is 5.56 Å². The number of alkyl halides is 1. The van der Waals surface area contributed by atoms with Crippen molar-refractivity contribution in [2.45, 2.75) is 5.98 Å². The maximum atomic E-state index is 13.8. The van der Waals surface area contributed by atoms with Crippen molar-refractivity contribution >= 4 is 11.8 Å². The molecule has 4 heteroatoms. The van der Waals surface area contributed by atoms with Crippen LogP contribution >= 0.6 is 0 Å². The zero-order valence-corrected chi connectivity index (χ0v) is 8.58. The zero-order chi connectivity index (χ0) is 10.9. The molecule has 0 aliphatic carbocycles. The number of fused-ring (bicyclic) bond motifs is 1. The Bertz CT molecular complexity index is 406. The van der Waals surface area contributed by atoms with Crippen molar-refractivity contribution in [2.24, 2.45) is 0 Å². The minimum atomic E-state index is -1.93. The van der Waals surface area contributed by atoms with Gasteiger partial charge in [-0.1, -0.05) is 0 Å². The van der Waals surface area contributed by atoms with E-state index < -0.39 is 5.98 Å². The van der Waals surface area contributed by atoms with E-state index in [1.807, 2.05) is 12.1 Å². The van der Waals surface area contributed by atoms with Gasteiger partial charge in [0.1, 0.15) is 5.75 Å². The first-order valence-electron chi connectivity index (χ1n) is 4.56. The molecule has 0 spiro atoms. The Balaban J connectivity index is 2.38. The van der Waals surface area contributed by atoms with E-state index in [0.717, 1.165) is 5.56 Å². The van der Waals surface area contributed by atoms with Gasteiger partial charge in [0.2, 0.25) is 0 Å². The summed E-state index contributed by atoms with van der Waals surface area (Å²) >= 11 is 0. The highest BCUT2D eigenvalue weighted by atomic mass is 19.2. The molecule has 1 heterocycles. The van der Waals surface area contributed by atoms with Crippen molar-refractivity contribution in [1.82, 2.24) is 0 Å². The molecule has 0 saturated heterocycles. The lowest BCUT2D eigenvalue weighted by atomic mass is 10.1. The summed E-state index contributed by atoms with van der Waals surface area (Å²) in [4.78, 5) is 0. The van der Waals surface area contributed by atoms with Crippen molar-refractivity contribution in [3.63, 3.8) is 0 Å². The van der Waals surface area contributed by atoms with Gasteiger partial charge >= 0.3 is 5.98 Å². The minimum Gasteiger partial charge on any atom is -0.497 e. The molecule has 1 N–H and O–H groups in total. The predicted octanol–water partition coefficient (Wildman–Crippen LogP) is 2.40. The largest absolute Gasteiger partial charge is 0.497 e. The van der Waals surface area contributed by atoms with Crippen LogP contribution in [-0.2, 0) is 4.74 Å². The molecule has 1 atom stereocenters. The number of ether oxygens (including phenoxy) is 2. The van der Waals surface area contributed by atoms with E-state index in [-0.39, 0.29) is 0 Å². The van der Waals surface area contributed by atoms with Crippen LogP contribution in [0, 0.1) is 0 Å². The summed E-state index contributed by atoms with van der Waals surface area (Å²) in [6.45, 7) is 0. The van der Waals surface area contributed by atoms with Crippen LogP contribution in [0.2, 0.25) is 0 Å². The number of anilines is 1. The van der Waals surface area contributed by atoms with Gasteiger partial charge < -0.3 is 14.8 Å². The Morgan fingerprint density at radius 1 is 1.33 bits per heavy atom. The van der Waals surface area contributed by atoms with Crippen molar-refractivity contribution in [2.75, 3.05) is 19.5 Å². The SMILES string of the molecule is COc1ccc2c(c1)NC(F)(OC)C=C2. The first kappa shape index (κ1) is 9.98. The predicted molar refractivity (Wildman–Crippen MR) is 56.5 cm³/mol. The van der Waals surface area contributed by atoms with E-state index >= 15 is 0 Å². The summed E-state index contributed by atoms with van der Waals surface area (Å²) in [6, 6.07) is 5.40. The Labute approximate surface area is 87.5 Å². The standard InChI is InChI=1S/C11H12FNO2/c1-14-9-4-3-8-5-6-11(12,15-2)13-10(8)7-9/h3-7,13H,1-2H3. The minimum absolute atomic E-state index is 0.654. The summed E-state index contributed by atoms with van der Waals surface area (Å²) in [5, 5.41) is 2.64. The van der Waals surface area contributed by atoms with Crippen LogP contribution in [0.15, 0.2) is 24.3 Å². The molecule has 0 saturated carbocycles. The summed E-state index contributed by atoms with van der Waals surface area (Å²) in [5.74, 6) is -1.26. The Hall–Kier alpha value is -1.55. The Morgan fingerprint density at radius 3 is 2.80 bits per heavy atom. The molecule has 80 valence electrons. The molecule has 0 amide bonds. The van der Waals surface area contributed by atoms with E-state index in [1.54, 1.807) is 19.3 Å². The lowest BCUT2D eigenvalue weighted by molar-refractivity contribution is -0.0542. The average molecular weight is 209 g/mol. The van der Waals surface area contributed by atoms with Crippen molar-refractivity contribution in [3.05, 3.63) is 29.8 Å². The van der Waals surface area contributed by atoms with Gasteiger partial charge in [-0.3, -0.25) is 0 Å². The number of methoxy groups -OCH3 is 2. The topological polar surface area (TPSA) is 30.5 Å². The van der Waals surface area contributed by atoms with Gasteiger partial charge in [-0.15, -0.1) is 0 Å². The smallest absolute Gasteiger partial charge is 0.308 e. The lowest BCUT2D eigenvalue weighted by Crippen LogP contribution is -2.34. The molecule has 0 bridgehead atoms. The van der Waals surface area contributed by atoms with Gasteiger partial charge in [-0.25, -0.2) is 0 Å². The van der Waals surface area contributed by atoms with E-state index in [9.17, 15) is 4.39 Å². The summed E-state index contributed by atoms with van der Waals surface area (Å²) in [6.07, 6.45) is 3.01. The van der Waals surface area contributed by atoms with Gasteiger partial charge in [0.15, 0.2) is 0 Å². The van der Waals surface area contributed by atoms with E-state index in [1.165, 1.54) is 13.2 Å². The molecule has 0 radical (unpaired) electrons. The number of halogens is 1. The van der Waals surface area contributed by atoms with Crippen LogP contribution in [-0.4, -0.2) is 20.2 Å². The molecule has 1 unspecified atom stereocenters. The third-order valence-corrected chi connectivity index (χ3v) is 2.34. The fraction of sp³-hybridized carbons (Fsp3) is 0.273. The molecule has 15 heavy (non-hydrogen) atoms. The van der Waals surface area contributed by atoms with Gasteiger partial charge in [-0.05, 0) is 23.8 Å².